The van der Waals surface area contributed by atoms with Gasteiger partial charge in [-0.3, -0.25) is 9.69 Å². The summed E-state index contributed by atoms with van der Waals surface area (Å²) >= 11 is 0. The fourth-order valence-corrected chi connectivity index (χ4v) is 3.14. The molecule has 0 N–H and O–H groups in total. The highest BCUT2D eigenvalue weighted by molar-refractivity contribution is 5.14. The molecule has 0 radical (unpaired) electrons. The van der Waals surface area contributed by atoms with Gasteiger partial charge in [0.1, 0.15) is 0 Å². The van der Waals surface area contributed by atoms with E-state index in [0.29, 0.717) is 0 Å². The standard InChI is InChI=1S/C18H20F3N3O/c19-18(20,21)16-6-7-17(25)24(22-16)13-15-8-10-23(11-9-15)12-14-4-2-1-3-5-14/h1-7,15H,8-13H2. The number of hydrogen-bond acceptors (Lipinski definition) is 3. The molecule has 1 fully saturated rings. The van der Waals surface area contributed by atoms with Crippen LogP contribution < -0.4 is 5.56 Å². The first-order chi connectivity index (χ1) is 11.9. The molecule has 0 amide bonds. The van der Waals surface area contributed by atoms with Crippen LogP contribution in [0.25, 0.3) is 0 Å². The van der Waals surface area contributed by atoms with Crippen LogP contribution >= 0.6 is 0 Å². The van der Waals surface area contributed by atoms with Crippen molar-refractivity contribution in [3.63, 3.8) is 0 Å². The van der Waals surface area contributed by atoms with Crippen molar-refractivity contribution in [2.24, 2.45) is 5.92 Å². The van der Waals surface area contributed by atoms with Crippen molar-refractivity contribution >= 4 is 0 Å². The summed E-state index contributed by atoms with van der Waals surface area (Å²) in [7, 11) is 0. The van der Waals surface area contributed by atoms with Gasteiger partial charge < -0.3 is 0 Å². The number of halogens is 3. The predicted molar refractivity (Wildman–Crippen MR) is 87.9 cm³/mol. The van der Waals surface area contributed by atoms with Crippen LogP contribution in [0.2, 0.25) is 0 Å². The zero-order valence-electron chi connectivity index (χ0n) is 13.7. The van der Waals surface area contributed by atoms with Gasteiger partial charge in [-0.05, 0) is 43.5 Å². The van der Waals surface area contributed by atoms with Crippen molar-refractivity contribution in [1.82, 2.24) is 14.7 Å². The van der Waals surface area contributed by atoms with Gasteiger partial charge in [0.15, 0.2) is 5.69 Å². The van der Waals surface area contributed by atoms with Crippen LogP contribution in [-0.2, 0) is 19.3 Å². The first-order valence-electron chi connectivity index (χ1n) is 8.33. The maximum Gasteiger partial charge on any atom is 0.435 e. The second-order valence-electron chi connectivity index (χ2n) is 6.44. The number of aromatic nitrogens is 2. The Labute approximate surface area is 143 Å². The van der Waals surface area contributed by atoms with Crippen molar-refractivity contribution in [2.45, 2.75) is 32.1 Å². The van der Waals surface area contributed by atoms with Crippen molar-refractivity contribution in [2.75, 3.05) is 13.1 Å². The van der Waals surface area contributed by atoms with Crippen LogP contribution in [-0.4, -0.2) is 27.8 Å². The van der Waals surface area contributed by atoms with E-state index in [1.54, 1.807) is 0 Å². The monoisotopic (exact) mass is 351 g/mol. The topological polar surface area (TPSA) is 38.1 Å². The Bertz CT molecular complexity index is 750. The Morgan fingerprint density at radius 1 is 1.04 bits per heavy atom. The molecule has 1 aromatic carbocycles. The Hall–Kier alpha value is -2.15. The lowest BCUT2D eigenvalue weighted by Gasteiger charge is -2.32. The van der Waals surface area contributed by atoms with Gasteiger partial charge in [0.2, 0.25) is 0 Å². The van der Waals surface area contributed by atoms with Crippen LogP contribution in [0.15, 0.2) is 47.3 Å². The Morgan fingerprint density at radius 3 is 2.36 bits per heavy atom. The lowest BCUT2D eigenvalue weighted by molar-refractivity contribution is -0.142. The van der Waals surface area contributed by atoms with Gasteiger partial charge >= 0.3 is 6.18 Å². The Balaban J connectivity index is 1.58. The maximum atomic E-state index is 12.8. The fourth-order valence-electron chi connectivity index (χ4n) is 3.14. The van der Waals surface area contributed by atoms with Gasteiger partial charge in [0.05, 0.1) is 0 Å². The molecule has 0 aliphatic carbocycles. The molecule has 0 saturated carbocycles. The van der Waals surface area contributed by atoms with Gasteiger partial charge in [0.25, 0.3) is 5.56 Å². The summed E-state index contributed by atoms with van der Waals surface area (Å²) in [6, 6.07) is 11.8. The van der Waals surface area contributed by atoms with E-state index in [0.717, 1.165) is 49.3 Å². The normalized spacial score (nSPS) is 16.9. The number of piperidine rings is 1. The van der Waals surface area contributed by atoms with Crippen LogP contribution in [0.3, 0.4) is 0 Å². The molecule has 7 heteroatoms. The molecule has 3 rings (SSSR count). The van der Waals surface area contributed by atoms with Crippen molar-refractivity contribution in [3.05, 3.63) is 64.1 Å². The van der Waals surface area contributed by atoms with Crippen LogP contribution in [0.5, 0.6) is 0 Å². The third-order valence-electron chi connectivity index (χ3n) is 4.54. The maximum absolute atomic E-state index is 12.8. The summed E-state index contributed by atoms with van der Waals surface area (Å²) in [4.78, 5) is 14.1. The predicted octanol–water partition coefficient (Wildman–Crippen LogP) is 3.17. The lowest BCUT2D eigenvalue weighted by Crippen LogP contribution is -2.36. The van der Waals surface area contributed by atoms with Gasteiger partial charge in [-0.25, -0.2) is 4.68 Å². The molecule has 1 aliphatic heterocycles. The first-order valence-corrected chi connectivity index (χ1v) is 8.33. The first kappa shape index (κ1) is 17.7. The molecule has 2 aromatic rings. The van der Waals surface area contributed by atoms with E-state index in [1.807, 2.05) is 18.2 Å². The third kappa shape index (κ3) is 4.69. The van der Waals surface area contributed by atoms with Crippen molar-refractivity contribution in [3.8, 4) is 0 Å². The number of benzene rings is 1. The molecule has 0 atom stereocenters. The second kappa shape index (κ2) is 7.39. The molecule has 0 bridgehead atoms. The molecule has 0 unspecified atom stereocenters. The van der Waals surface area contributed by atoms with Gasteiger partial charge in [0, 0.05) is 19.2 Å². The minimum atomic E-state index is -4.53. The average molecular weight is 351 g/mol. The molecule has 1 saturated heterocycles. The largest absolute Gasteiger partial charge is 0.435 e. The van der Waals surface area contributed by atoms with Crippen LogP contribution in [0, 0.1) is 5.92 Å². The number of likely N-dealkylation sites (tertiary alicyclic amines) is 1. The van der Waals surface area contributed by atoms with Crippen LogP contribution in [0.4, 0.5) is 13.2 Å². The van der Waals surface area contributed by atoms with E-state index in [-0.39, 0.29) is 12.5 Å². The van der Waals surface area contributed by atoms with Crippen LogP contribution in [0.1, 0.15) is 24.1 Å². The highest BCUT2D eigenvalue weighted by atomic mass is 19.4. The summed E-state index contributed by atoms with van der Waals surface area (Å²) < 4.78 is 39.2. The van der Waals surface area contributed by atoms with E-state index in [2.05, 4.69) is 22.1 Å². The van der Waals surface area contributed by atoms with Gasteiger partial charge in [-0.2, -0.15) is 18.3 Å². The number of hydrogen-bond donors (Lipinski definition) is 0. The number of rotatable bonds is 4. The van der Waals surface area contributed by atoms with E-state index in [4.69, 9.17) is 0 Å². The highest BCUT2D eigenvalue weighted by Crippen LogP contribution is 2.26. The summed E-state index contributed by atoms with van der Waals surface area (Å²) in [6.07, 6.45) is -2.84. The fraction of sp³-hybridized carbons (Fsp3) is 0.444. The molecule has 1 aliphatic rings. The SMILES string of the molecule is O=c1ccc(C(F)(F)F)nn1CC1CCN(Cc2ccccc2)CC1. The molecule has 25 heavy (non-hydrogen) atoms. The van der Waals surface area contributed by atoms with E-state index in [1.165, 1.54) is 5.56 Å². The molecule has 4 nitrogen and oxygen atoms in total. The zero-order valence-corrected chi connectivity index (χ0v) is 13.7. The number of nitrogens with zero attached hydrogens (tertiary/aromatic N) is 3. The van der Waals surface area contributed by atoms with Gasteiger partial charge in [-0.15, -0.1) is 0 Å². The molecular formula is C18H20F3N3O. The van der Waals surface area contributed by atoms with Crippen molar-refractivity contribution < 1.29 is 13.2 Å². The average Bonchev–Trinajstić information content (AvgIpc) is 2.58. The number of alkyl halides is 3. The molecular weight excluding hydrogens is 331 g/mol. The molecule has 2 heterocycles. The summed E-state index contributed by atoms with van der Waals surface area (Å²) in [5, 5.41) is 3.49. The highest BCUT2D eigenvalue weighted by Gasteiger charge is 2.33. The van der Waals surface area contributed by atoms with E-state index in [9.17, 15) is 18.0 Å². The zero-order chi connectivity index (χ0) is 17.9. The smallest absolute Gasteiger partial charge is 0.299 e. The minimum absolute atomic E-state index is 0.167. The minimum Gasteiger partial charge on any atom is -0.299 e. The van der Waals surface area contributed by atoms with E-state index >= 15 is 0 Å². The lowest BCUT2D eigenvalue weighted by atomic mass is 9.96. The Kier molecular flexibility index (Phi) is 5.22. The molecule has 134 valence electrons. The van der Waals surface area contributed by atoms with Crippen molar-refractivity contribution in [1.29, 1.82) is 0 Å². The van der Waals surface area contributed by atoms with E-state index < -0.39 is 17.4 Å². The summed E-state index contributed by atoms with van der Waals surface area (Å²) in [5.74, 6) is 0.167. The quantitative estimate of drug-likeness (QED) is 0.849. The third-order valence-corrected chi connectivity index (χ3v) is 4.54. The Morgan fingerprint density at radius 2 is 1.72 bits per heavy atom. The second-order valence-corrected chi connectivity index (χ2v) is 6.44. The molecule has 1 aromatic heterocycles. The molecule has 0 spiro atoms. The summed E-state index contributed by atoms with van der Waals surface area (Å²) in [6.45, 7) is 2.85. The summed E-state index contributed by atoms with van der Waals surface area (Å²) in [5.41, 5.74) is -0.259. The van der Waals surface area contributed by atoms with Gasteiger partial charge in [-0.1, -0.05) is 30.3 Å².